The third-order valence-corrected chi connectivity index (χ3v) is 2.74. The number of hydrogen-bond acceptors (Lipinski definition) is 5. The highest BCUT2D eigenvalue weighted by molar-refractivity contribution is 5.22. The molecular formula is C9H16N4O. The van der Waals surface area contributed by atoms with Crippen LogP contribution in [0.25, 0.3) is 0 Å². The Labute approximate surface area is 83.3 Å². The predicted octanol–water partition coefficient (Wildman–Crippen LogP) is 0.621. The quantitative estimate of drug-likeness (QED) is 0.764. The van der Waals surface area contributed by atoms with Crippen molar-refractivity contribution >= 4 is 6.01 Å². The third kappa shape index (κ3) is 1.87. The largest absolute Gasteiger partial charge is 0.407 e. The van der Waals surface area contributed by atoms with Crippen LogP contribution in [0.2, 0.25) is 0 Å². The minimum Gasteiger partial charge on any atom is -0.407 e. The zero-order valence-electron chi connectivity index (χ0n) is 8.60. The van der Waals surface area contributed by atoms with Gasteiger partial charge in [0, 0.05) is 13.6 Å². The van der Waals surface area contributed by atoms with Crippen molar-refractivity contribution in [1.82, 2.24) is 10.2 Å². The van der Waals surface area contributed by atoms with Gasteiger partial charge in [-0.15, -0.1) is 5.10 Å². The topological polar surface area (TPSA) is 68.2 Å². The molecule has 14 heavy (non-hydrogen) atoms. The van der Waals surface area contributed by atoms with E-state index in [4.69, 9.17) is 10.2 Å². The first-order valence-corrected chi connectivity index (χ1v) is 4.94. The summed E-state index contributed by atoms with van der Waals surface area (Å²) >= 11 is 0. The van der Waals surface area contributed by atoms with Gasteiger partial charge in [0.25, 0.3) is 0 Å². The van der Waals surface area contributed by atoms with E-state index in [1.54, 1.807) is 0 Å². The van der Waals surface area contributed by atoms with Crippen LogP contribution in [0, 0.1) is 11.8 Å². The minimum atomic E-state index is 0.306. The summed E-state index contributed by atoms with van der Waals surface area (Å²) < 4.78 is 5.34. The van der Waals surface area contributed by atoms with E-state index in [1.807, 2.05) is 11.9 Å². The molecule has 0 radical (unpaired) electrons. The lowest BCUT2D eigenvalue weighted by atomic mass is 10.3. The number of hydrogen-bond donors (Lipinski definition) is 1. The molecule has 1 fully saturated rings. The summed E-state index contributed by atoms with van der Waals surface area (Å²) in [4.78, 5) is 2.00. The molecule has 5 nitrogen and oxygen atoms in total. The SMILES string of the molecule is CC1CC1CN(C)c1nnc(CN)o1. The Hall–Kier alpha value is -1.10. The fourth-order valence-electron chi connectivity index (χ4n) is 1.56. The van der Waals surface area contributed by atoms with Crippen LogP contribution in [0.15, 0.2) is 4.42 Å². The molecule has 0 aliphatic heterocycles. The molecule has 1 aromatic heterocycles. The Morgan fingerprint density at radius 1 is 1.57 bits per heavy atom. The van der Waals surface area contributed by atoms with Gasteiger partial charge in [0.05, 0.1) is 6.54 Å². The van der Waals surface area contributed by atoms with Crippen LogP contribution in [-0.2, 0) is 6.54 Å². The van der Waals surface area contributed by atoms with Crippen LogP contribution in [0.1, 0.15) is 19.2 Å². The number of nitrogens with two attached hydrogens (primary N) is 1. The summed E-state index contributed by atoms with van der Waals surface area (Å²) in [6.45, 7) is 3.56. The Morgan fingerprint density at radius 3 is 2.79 bits per heavy atom. The monoisotopic (exact) mass is 196 g/mol. The van der Waals surface area contributed by atoms with Crippen molar-refractivity contribution in [3.8, 4) is 0 Å². The third-order valence-electron chi connectivity index (χ3n) is 2.74. The fourth-order valence-corrected chi connectivity index (χ4v) is 1.56. The van der Waals surface area contributed by atoms with Crippen LogP contribution < -0.4 is 10.6 Å². The Bertz CT molecular complexity index is 312. The molecule has 78 valence electrons. The van der Waals surface area contributed by atoms with Gasteiger partial charge in [0.2, 0.25) is 5.89 Å². The second kappa shape index (κ2) is 3.57. The maximum absolute atomic E-state index is 5.38. The summed E-state index contributed by atoms with van der Waals surface area (Å²) in [7, 11) is 1.97. The molecule has 0 amide bonds. The molecule has 2 N–H and O–H groups in total. The van der Waals surface area contributed by atoms with Crippen molar-refractivity contribution in [3.63, 3.8) is 0 Å². The van der Waals surface area contributed by atoms with Crippen LogP contribution in [0.4, 0.5) is 6.01 Å². The highest BCUT2D eigenvalue weighted by Crippen LogP contribution is 2.38. The minimum absolute atomic E-state index is 0.306. The maximum Gasteiger partial charge on any atom is 0.317 e. The van der Waals surface area contributed by atoms with Crippen LogP contribution in [-0.4, -0.2) is 23.8 Å². The average Bonchev–Trinajstić information content (AvgIpc) is 2.72. The van der Waals surface area contributed by atoms with E-state index in [0.717, 1.165) is 18.4 Å². The molecule has 0 bridgehead atoms. The number of aromatic nitrogens is 2. The first-order chi connectivity index (χ1) is 6.70. The van der Waals surface area contributed by atoms with Gasteiger partial charge < -0.3 is 15.1 Å². The Morgan fingerprint density at radius 2 is 2.29 bits per heavy atom. The van der Waals surface area contributed by atoms with Crippen molar-refractivity contribution in [2.24, 2.45) is 17.6 Å². The molecule has 2 rings (SSSR count). The summed E-state index contributed by atoms with van der Waals surface area (Å²) in [5.74, 6) is 2.12. The molecule has 0 aromatic carbocycles. The number of anilines is 1. The molecular weight excluding hydrogens is 180 g/mol. The first kappa shape index (κ1) is 9.45. The van der Waals surface area contributed by atoms with Crippen molar-refractivity contribution in [3.05, 3.63) is 5.89 Å². The summed E-state index contributed by atoms with van der Waals surface area (Å²) in [6, 6.07) is 0.574. The van der Waals surface area contributed by atoms with Gasteiger partial charge in [0.15, 0.2) is 0 Å². The van der Waals surface area contributed by atoms with E-state index in [1.165, 1.54) is 6.42 Å². The summed E-state index contributed by atoms with van der Waals surface area (Å²) in [5, 5.41) is 7.74. The van der Waals surface area contributed by atoms with Gasteiger partial charge in [-0.1, -0.05) is 12.0 Å². The zero-order chi connectivity index (χ0) is 10.1. The van der Waals surface area contributed by atoms with E-state index in [0.29, 0.717) is 18.5 Å². The second-order valence-corrected chi connectivity index (χ2v) is 4.04. The number of rotatable bonds is 4. The van der Waals surface area contributed by atoms with Crippen LogP contribution >= 0.6 is 0 Å². The van der Waals surface area contributed by atoms with Gasteiger partial charge in [0.1, 0.15) is 0 Å². The number of nitrogens with zero attached hydrogens (tertiary/aromatic N) is 3. The molecule has 0 spiro atoms. The zero-order valence-corrected chi connectivity index (χ0v) is 8.60. The van der Waals surface area contributed by atoms with E-state index in [9.17, 15) is 0 Å². The summed E-state index contributed by atoms with van der Waals surface area (Å²) in [5.41, 5.74) is 5.38. The Kier molecular flexibility index (Phi) is 2.41. The molecule has 1 aromatic rings. The van der Waals surface area contributed by atoms with Crippen molar-refractivity contribution in [2.45, 2.75) is 19.9 Å². The van der Waals surface area contributed by atoms with Crippen molar-refractivity contribution in [1.29, 1.82) is 0 Å². The maximum atomic E-state index is 5.38. The molecule has 2 unspecified atom stereocenters. The van der Waals surface area contributed by atoms with E-state index < -0.39 is 0 Å². The lowest BCUT2D eigenvalue weighted by molar-refractivity contribution is 0.487. The molecule has 5 heteroatoms. The molecule has 1 saturated carbocycles. The average molecular weight is 196 g/mol. The molecule has 1 aliphatic carbocycles. The van der Waals surface area contributed by atoms with E-state index in [2.05, 4.69) is 17.1 Å². The van der Waals surface area contributed by atoms with Gasteiger partial charge in [-0.05, 0) is 18.3 Å². The first-order valence-electron chi connectivity index (χ1n) is 4.94. The van der Waals surface area contributed by atoms with Gasteiger partial charge in [-0.3, -0.25) is 0 Å². The van der Waals surface area contributed by atoms with Crippen molar-refractivity contribution in [2.75, 3.05) is 18.5 Å². The van der Waals surface area contributed by atoms with Crippen LogP contribution in [0.3, 0.4) is 0 Å². The van der Waals surface area contributed by atoms with Gasteiger partial charge in [-0.2, -0.15) is 0 Å². The standard InChI is InChI=1S/C9H16N4O/c1-6-3-7(6)5-13(2)9-12-11-8(4-10)14-9/h6-7H,3-5,10H2,1-2H3. The molecule has 2 atom stereocenters. The summed E-state index contributed by atoms with van der Waals surface area (Å²) in [6.07, 6.45) is 1.31. The normalized spacial score (nSPS) is 25.1. The highest BCUT2D eigenvalue weighted by Gasteiger charge is 2.34. The van der Waals surface area contributed by atoms with Crippen molar-refractivity contribution < 1.29 is 4.42 Å². The van der Waals surface area contributed by atoms with Gasteiger partial charge >= 0.3 is 6.01 Å². The predicted molar refractivity (Wildman–Crippen MR) is 52.7 cm³/mol. The fraction of sp³-hybridized carbons (Fsp3) is 0.778. The molecule has 1 heterocycles. The molecule has 1 aliphatic rings. The van der Waals surface area contributed by atoms with Crippen LogP contribution in [0.5, 0.6) is 0 Å². The van der Waals surface area contributed by atoms with Gasteiger partial charge in [-0.25, -0.2) is 0 Å². The van der Waals surface area contributed by atoms with E-state index in [-0.39, 0.29) is 0 Å². The second-order valence-electron chi connectivity index (χ2n) is 4.04. The molecule has 0 saturated heterocycles. The Balaban J connectivity index is 1.93. The lowest BCUT2D eigenvalue weighted by Crippen LogP contribution is -2.20. The smallest absolute Gasteiger partial charge is 0.317 e. The highest BCUT2D eigenvalue weighted by atomic mass is 16.4. The lowest BCUT2D eigenvalue weighted by Gasteiger charge is -2.12. The van der Waals surface area contributed by atoms with E-state index >= 15 is 0 Å².